The number of benzene rings is 1. The number of nitrogens with zero attached hydrogens (tertiary/aromatic N) is 2. The number of likely N-dealkylation sites (tertiary alicyclic amines) is 1. The molecule has 4 rings (SSSR count). The monoisotopic (exact) mass is 336 g/mol. The molecule has 25 heavy (non-hydrogen) atoms. The van der Waals surface area contributed by atoms with Gasteiger partial charge in [0.15, 0.2) is 5.58 Å². The molecular formula is C21H24N2O2. The van der Waals surface area contributed by atoms with Crippen LogP contribution in [-0.2, 0) is 6.54 Å². The van der Waals surface area contributed by atoms with Crippen LogP contribution in [0.4, 0.5) is 0 Å². The van der Waals surface area contributed by atoms with E-state index in [-0.39, 0.29) is 5.91 Å². The van der Waals surface area contributed by atoms with E-state index in [2.05, 4.69) is 29.7 Å². The number of hydrogen-bond donors (Lipinski definition) is 0. The Morgan fingerprint density at radius 2 is 1.84 bits per heavy atom. The Kier molecular flexibility index (Phi) is 4.35. The zero-order valence-corrected chi connectivity index (χ0v) is 14.7. The van der Waals surface area contributed by atoms with E-state index < -0.39 is 0 Å². The summed E-state index contributed by atoms with van der Waals surface area (Å²) in [7, 11) is 0. The van der Waals surface area contributed by atoms with Crippen molar-refractivity contribution in [1.29, 1.82) is 0 Å². The molecule has 2 aromatic heterocycles. The highest BCUT2D eigenvalue weighted by Crippen LogP contribution is 2.25. The molecule has 1 fully saturated rings. The van der Waals surface area contributed by atoms with Crippen LogP contribution in [0.3, 0.4) is 0 Å². The molecule has 0 spiro atoms. The fraction of sp³-hybridized carbons (Fsp3) is 0.381. The van der Waals surface area contributed by atoms with Crippen LogP contribution in [0.25, 0.3) is 11.1 Å². The van der Waals surface area contributed by atoms with E-state index in [4.69, 9.17) is 4.42 Å². The molecule has 0 saturated carbocycles. The van der Waals surface area contributed by atoms with Crippen molar-refractivity contribution < 1.29 is 9.21 Å². The zero-order chi connectivity index (χ0) is 17.2. The van der Waals surface area contributed by atoms with Gasteiger partial charge >= 0.3 is 0 Å². The molecule has 4 heteroatoms. The molecule has 1 aliphatic heterocycles. The highest BCUT2D eigenvalue weighted by molar-refractivity contribution is 5.97. The number of aromatic nitrogens is 1. The SMILES string of the molecule is Cc1ccccc1Cn1c(C(=O)N2CCCCCC2)cc2occc21. The van der Waals surface area contributed by atoms with Crippen molar-refractivity contribution in [2.45, 2.75) is 39.2 Å². The molecule has 0 atom stereocenters. The zero-order valence-electron chi connectivity index (χ0n) is 14.7. The van der Waals surface area contributed by atoms with Gasteiger partial charge in [0.2, 0.25) is 0 Å². The van der Waals surface area contributed by atoms with Gasteiger partial charge in [0.1, 0.15) is 5.69 Å². The normalized spacial score (nSPS) is 15.5. The quantitative estimate of drug-likeness (QED) is 0.701. The van der Waals surface area contributed by atoms with Crippen LogP contribution in [0.2, 0.25) is 0 Å². The number of amides is 1. The summed E-state index contributed by atoms with van der Waals surface area (Å²) in [5, 5.41) is 0. The standard InChI is InChI=1S/C21H24N2O2/c1-16-8-4-5-9-17(16)15-23-18-10-13-25-20(18)14-19(23)21(24)22-11-6-2-3-7-12-22/h4-5,8-10,13-14H,2-3,6-7,11-12,15H2,1H3. The van der Waals surface area contributed by atoms with Crippen LogP contribution in [0.1, 0.15) is 47.3 Å². The molecule has 0 bridgehead atoms. The maximum atomic E-state index is 13.2. The summed E-state index contributed by atoms with van der Waals surface area (Å²) in [4.78, 5) is 15.2. The Hall–Kier alpha value is -2.49. The van der Waals surface area contributed by atoms with Crippen molar-refractivity contribution in [3.05, 3.63) is 59.5 Å². The minimum absolute atomic E-state index is 0.127. The van der Waals surface area contributed by atoms with E-state index >= 15 is 0 Å². The Bertz CT molecular complexity index is 882. The lowest BCUT2D eigenvalue weighted by molar-refractivity contribution is 0.0751. The van der Waals surface area contributed by atoms with Gasteiger partial charge in [-0.3, -0.25) is 4.79 Å². The highest BCUT2D eigenvalue weighted by atomic mass is 16.3. The number of fused-ring (bicyclic) bond motifs is 1. The molecule has 0 aliphatic carbocycles. The first-order valence-corrected chi connectivity index (χ1v) is 9.14. The van der Waals surface area contributed by atoms with Crippen LogP contribution in [0.15, 0.2) is 47.1 Å². The summed E-state index contributed by atoms with van der Waals surface area (Å²) in [6.45, 7) is 4.51. The van der Waals surface area contributed by atoms with E-state index in [9.17, 15) is 4.79 Å². The fourth-order valence-electron chi connectivity index (χ4n) is 3.72. The lowest BCUT2D eigenvalue weighted by Crippen LogP contribution is -2.33. The van der Waals surface area contributed by atoms with E-state index in [1.807, 2.05) is 23.1 Å². The van der Waals surface area contributed by atoms with Gasteiger partial charge in [0.05, 0.1) is 11.8 Å². The van der Waals surface area contributed by atoms with Crippen molar-refractivity contribution in [1.82, 2.24) is 9.47 Å². The maximum absolute atomic E-state index is 13.2. The van der Waals surface area contributed by atoms with E-state index in [1.54, 1.807) is 6.26 Å². The third kappa shape index (κ3) is 3.09. The number of furan rings is 1. The molecule has 4 nitrogen and oxygen atoms in total. The second kappa shape index (κ2) is 6.79. The average Bonchev–Trinajstić information content (AvgIpc) is 3.08. The Morgan fingerprint density at radius 3 is 2.60 bits per heavy atom. The molecule has 1 aromatic carbocycles. The van der Waals surface area contributed by atoms with Crippen LogP contribution in [0, 0.1) is 6.92 Å². The van der Waals surface area contributed by atoms with Crippen LogP contribution >= 0.6 is 0 Å². The molecule has 3 aromatic rings. The molecule has 0 radical (unpaired) electrons. The van der Waals surface area contributed by atoms with Gasteiger partial charge in [-0.1, -0.05) is 37.1 Å². The third-order valence-corrected chi connectivity index (χ3v) is 5.22. The van der Waals surface area contributed by atoms with Crippen LogP contribution in [0.5, 0.6) is 0 Å². The summed E-state index contributed by atoms with van der Waals surface area (Å²) < 4.78 is 7.68. The topological polar surface area (TPSA) is 38.4 Å². The van der Waals surface area contributed by atoms with Crippen LogP contribution < -0.4 is 0 Å². The maximum Gasteiger partial charge on any atom is 0.270 e. The summed E-state index contributed by atoms with van der Waals surface area (Å²) in [6.07, 6.45) is 6.33. The number of hydrogen-bond acceptors (Lipinski definition) is 2. The van der Waals surface area contributed by atoms with E-state index in [0.29, 0.717) is 6.54 Å². The number of aryl methyl sites for hydroxylation is 1. The Labute approximate surface area is 148 Å². The molecule has 0 N–H and O–H groups in total. The Morgan fingerprint density at radius 1 is 1.08 bits per heavy atom. The number of rotatable bonds is 3. The minimum Gasteiger partial charge on any atom is -0.463 e. The number of carbonyl (C=O) groups excluding carboxylic acids is 1. The van der Waals surface area contributed by atoms with Crippen molar-refractivity contribution in [2.75, 3.05) is 13.1 Å². The largest absolute Gasteiger partial charge is 0.463 e. The number of carbonyl (C=O) groups is 1. The third-order valence-electron chi connectivity index (χ3n) is 5.22. The molecular weight excluding hydrogens is 312 g/mol. The Balaban J connectivity index is 1.72. The summed E-state index contributed by atoms with van der Waals surface area (Å²) in [5.74, 6) is 0.127. The van der Waals surface area contributed by atoms with Gasteiger partial charge < -0.3 is 13.9 Å². The van der Waals surface area contributed by atoms with Gasteiger partial charge in [-0.2, -0.15) is 0 Å². The van der Waals surface area contributed by atoms with E-state index in [0.717, 1.165) is 42.7 Å². The van der Waals surface area contributed by atoms with Gasteiger partial charge in [0, 0.05) is 31.8 Å². The summed E-state index contributed by atoms with van der Waals surface area (Å²) in [6, 6.07) is 12.2. The van der Waals surface area contributed by atoms with Crippen molar-refractivity contribution >= 4 is 17.0 Å². The minimum atomic E-state index is 0.127. The first-order chi connectivity index (χ1) is 12.2. The van der Waals surface area contributed by atoms with Crippen LogP contribution in [-0.4, -0.2) is 28.5 Å². The van der Waals surface area contributed by atoms with Gasteiger partial charge in [-0.25, -0.2) is 0 Å². The second-order valence-corrected chi connectivity index (χ2v) is 6.92. The van der Waals surface area contributed by atoms with Crippen molar-refractivity contribution in [3.63, 3.8) is 0 Å². The lowest BCUT2D eigenvalue weighted by Gasteiger charge is -2.21. The van der Waals surface area contributed by atoms with Crippen molar-refractivity contribution in [3.8, 4) is 0 Å². The smallest absolute Gasteiger partial charge is 0.270 e. The van der Waals surface area contributed by atoms with Gasteiger partial charge in [-0.05, 0) is 30.9 Å². The summed E-state index contributed by atoms with van der Waals surface area (Å²) in [5.41, 5.74) is 4.97. The molecule has 1 amide bonds. The fourth-order valence-corrected chi connectivity index (χ4v) is 3.72. The van der Waals surface area contributed by atoms with Gasteiger partial charge in [0.25, 0.3) is 5.91 Å². The molecule has 1 aliphatic rings. The molecule has 3 heterocycles. The second-order valence-electron chi connectivity index (χ2n) is 6.92. The van der Waals surface area contributed by atoms with Crippen molar-refractivity contribution in [2.24, 2.45) is 0 Å². The van der Waals surface area contributed by atoms with E-state index in [1.165, 1.54) is 24.0 Å². The highest BCUT2D eigenvalue weighted by Gasteiger charge is 2.23. The molecule has 130 valence electrons. The van der Waals surface area contributed by atoms with Gasteiger partial charge in [-0.15, -0.1) is 0 Å². The predicted octanol–water partition coefficient (Wildman–Crippen LogP) is 4.61. The predicted molar refractivity (Wildman–Crippen MR) is 98.9 cm³/mol. The molecule has 1 saturated heterocycles. The first kappa shape index (κ1) is 16.0. The first-order valence-electron chi connectivity index (χ1n) is 9.14. The molecule has 0 unspecified atom stereocenters. The average molecular weight is 336 g/mol. The lowest BCUT2D eigenvalue weighted by atomic mass is 10.1. The summed E-state index contributed by atoms with van der Waals surface area (Å²) >= 11 is 0.